The van der Waals surface area contributed by atoms with Crippen molar-refractivity contribution < 1.29 is 49.0 Å². The molecule has 0 unspecified atom stereocenters. The van der Waals surface area contributed by atoms with Gasteiger partial charge in [-0.1, -0.05) is 0 Å². The second kappa shape index (κ2) is 5.51. The minimum Gasteiger partial charge on any atom is -0.107 e. The van der Waals surface area contributed by atoms with Gasteiger partial charge in [-0.15, -0.1) is 24.0 Å². The normalized spacial score (nSPS) is 10.8. The zero-order valence-corrected chi connectivity index (χ0v) is 14.1. The standard InChI is InChI=1S/C10F7.HI.Zn/c11-2-1-3(12)6(13)5-4(2)7(14)9(16)10(17)8(5)15;;/h;1H;. The van der Waals surface area contributed by atoms with Crippen LogP contribution < -0.4 is 4.16 Å². The molecule has 0 amide bonds. The minimum absolute atomic E-state index is 0. The monoisotopic (exact) mass is 445 g/mol. The summed E-state index contributed by atoms with van der Waals surface area (Å²) in [6.45, 7) is 0. The molecule has 0 nitrogen and oxygen atoms in total. The van der Waals surface area contributed by atoms with Crippen molar-refractivity contribution >= 4 is 38.9 Å². The van der Waals surface area contributed by atoms with E-state index >= 15 is 0 Å². The van der Waals surface area contributed by atoms with Crippen LogP contribution in [0.3, 0.4) is 0 Å². The summed E-state index contributed by atoms with van der Waals surface area (Å²) in [4.78, 5) is 0. The van der Waals surface area contributed by atoms with Crippen molar-refractivity contribution in [2.75, 3.05) is 0 Å². The molecule has 0 bridgehead atoms. The van der Waals surface area contributed by atoms with Crippen LogP contribution in [-0.2, 0) is 18.3 Å². The summed E-state index contributed by atoms with van der Waals surface area (Å²) in [7, 11) is 0. The van der Waals surface area contributed by atoms with Gasteiger partial charge in [0.1, 0.15) is 0 Å². The molecule has 0 spiro atoms. The first-order valence-electron chi connectivity index (χ1n) is 4.43. The molecular weight excluding hydrogens is 445 g/mol. The van der Waals surface area contributed by atoms with E-state index in [2.05, 4.69) is 0 Å². The van der Waals surface area contributed by atoms with Crippen LogP contribution in [0, 0.1) is 40.7 Å². The van der Waals surface area contributed by atoms with Crippen LogP contribution >= 0.6 is 24.0 Å². The Bertz CT molecular complexity index is 573. The number of halogens is 8. The molecule has 0 saturated carbocycles. The van der Waals surface area contributed by atoms with Crippen molar-refractivity contribution in [1.82, 2.24) is 0 Å². The molecule has 0 fully saturated rings. The van der Waals surface area contributed by atoms with Gasteiger partial charge in [0.2, 0.25) is 0 Å². The smallest absolute Gasteiger partial charge is 0.107 e. The molecule has 99 valence electrons. The molecule has 0 aliphatic rings. The second-order valence-electron chi connectivity index (χ2n) is 3.43. The van der Waals surface area contributed by atoms with Crippen molar-refractivity contribution in [3.05, 3.63) is 40.7 Å². The molecule has 0 atom stereocenters. The van der Waals surface area contributed by atoms with E-state index in [0.29, 0.717) is 0 Å². The molecule has 0 heterocycles. The number of rotatable bonds is 0. The van der Waals surface area contributed by atoms with Crippen molar-refractivity contribution in [1.29, 1.82) is 0 Å². The predicted molar refractivity (Wildman–Crippen MR) is 58.7 cm³/mol. The van der Waals surface area contributed by atoms with Crippen molar-refractivity contribution in [2.24, 2.45) is 0 Å². The van der Waals surface area contributed by atoms with E-state index in [0.717, 1.165) is 0 Å². The van der Waals surface area contributed by atoms with Gasteiger partial charge in [0.05, 0.1) is 0 Å². The molecule has 19 heavy (non-hydrogen) atoms. The fourth-order valence-corrected chi connectivity index (χ4v) is 2.23. The third-order valence-electron chi connectivity index (χ3n) is 2.43. The Morgan fingerprint density at radius 1 is 0.474 bits per heavy atom. The summed E-state index contributed by atoms with van der Waals surface area (Å²) < 4.78 is 91.6. The molecule has 2 aromatic carbocycles. The van der Waals surface area contributed by atoms with Crippen LogP contribution in [0.1, 0.15) is 0 Å². The second-order valence-corrected chi connectivity index (χ2v) is 4.91. The summed E-state index contributed by atoms with van der Waals surface area (Å²) in [5.74, 6) is -14.2. The number of hydrogen-bond acceptors (Lipinski definition) is 0. The summed E-state index contributed by atoms with van der Waals surface area (Å²) in [6.07, 6.45) is 0. The third kappa shape index (κ3) is 2.24. The van der Waals surface area contributed by atoms with E-state index in [9.17, 15) is 30.7 Å². The van der Waals surface area contributed by atoms with Gasteiger partial charge in [0, 0.05) is 0 Å². The summed E-state index contributed by atoms with van der Waals surface area (Å²) in [5, 5.41) is -3.00. The summed E-state index contributed by atoms with van der Waals surface area (Å²) in [5.41, 5.74) is 0. The number of benzene rings is 2. The molecule has 0 saturated heterocycles. The number of fused-ring (bicyclic) bond motifs is 1. The molecule has 0 aromatic heterocycles. The van der Waals surface area contributed by atoms with Crippen LogP contribution in [0.5, 0.6) is 0 Å². The SMILES string of the molecule is Fc1c(F)c(F)c2c(F)[c]([Zn])c(F)c(F)c2c1F.I. The maximum absolute atomic E-state index is 13.5. The first-order chi connectivity index (χ1) is 8.29. The Morgan fingerprint density at radius 2 is 0.789 bits per heavy atom. The van der Waals surface area contributed by atoms with E-state index in [1.165, 1.54) is 0 Å². The van der Waals surface area contributed by atoms with Gasteiger partial charge < -0.3 is 0 Å². The Labute approximate surface area is 128 Å². The van der Waals surface area contributed by atoms with Gasteiger partial charge in [0.15, 0.2) is 0 Å². The van der Waals surface area contributed by atoms with E-state index < -0.39 is 55.7 Å². The maximum atomic E-state index is 13.5. The van der Waals surface area contributed by atoms with E-state index in [-0.39, 0.29) is 42.3 Å². The van der Waals surface area contributed by atoms with Crippen molar-refractivity contribution in [3.63, 3.8) is 0 Å². The maximum Gasteiger partial charge on any atom is -0.107 e. The average molecular weight is 446 g/mol. The quantitative estimate of drug-likeness (QED) is 0.191. The third-order valence-corrected chi connectivity index (χ3v) is 3.73. The Kier molecular flexibility index (Phi) is 4.82. The Morgan fingerprint density at radius 3 is 1.21 bits per heavy atom. The zero-order chi connectivity index (χ0) is 13.8. The average Bonchev–Trinajstić information content (AvgIpc) is 2.35. The fourth-order valence-electron chi connectivity index (χ4n) is 1.53. The molecule has 0 N–H and O–H groups in total. The van der Waals surface area contributed by atoms with Crippen molar-refractivity contribution in [2.45, 2.75) is 0 Å². The number of hydrogen-bond donors (Lipinski definition) is 0. The van der Waals surface area contributed by atoms with Gasteiger partial charge >= 0.3 is 105 Å². The molecule has 0 radical (unpaired) electrons. The van der Waals surface area contributed by atoms with E-state index in [4.69, 9.17) is 0 Å². The van der Waals surface area contributed by atoms with Crippen LogP contribution in [0.4, 0.5) is 30.7 Å². The summed E-state index contributed by atoms with van der Waals surface area (Å²) in [6, 6.07) is 0. The van der Waals surface area contributed by atoms with Crippen LogP contribution in [-0.4, -0.2) is 0 Å². The Balaban J connectivity index is 0.00000180. The van der Waals surface area contributed by atoms with Crippen LogP contribution in [0.25, 0.3) is 10.8 Å². The minimum atomic E-state index is -2.32. The molecule has 2 aromatic rings. The van der Waals surface area contributed by atoms with Gasteiger partial charge in [-0.25, -0.2) is 0 Å². The van der Waals surface area contributed by atoms with Crippen molar-refractivity contribution in [3.8, 4) is 0 Å². The van der Waals surface area contributed by atoms with Gasteiger partial charge in [-0.3, -0.25) is 0 Å². The van der Waals surface area contributed by atoms with Gasteiger partial charge in [-0.05, 0) is 0 Å². The first-order valence-corrected chi connectivity index (χ1v) is 5.91. The first kappa shape index (κ1) is 16.6. The summed E-state index contributed by atoms with van der Waals surface area (Å²) >= 11 is -0.245. The molecule has 2 rings (SSSR count). The van der Waals surface area contributed by atoms with Gasteiger partial charge in [-0.2, -0.15) is 0 Å². The zero-order valence-electron chi connectivity index (χ0n) is 8.76. The molecule has 0 aliphatic heterocycles. The topological polar surface area (TPSA) is 0 Å². The molecule has 0 aliphatic carbocycles. The predicted octanol–water partition coefficient (Wildman–Crippen LogP) is 3.60. The van der Waals surface area contributed by atoms with Crippen LogP contribution in [0.15, 0.2) is 0 Å². The van der Waals surface area contributed by atoms with E-state index in [1.807, 2.05) is 0 Å². The molecule has 9 heteroatoms. The van der Waals surface area contributed by atoms with Gasteiger partial charge in [0.25, 0.3) is 0 Å². The van der Waals surface area contributed by atoms with E-state index in [1.54, 1.807) is 0 Å². The fraction of sp³-hybridized carbons (Fsp3) is 0. The largest absolute Gasteiger partial charge is 0.107 e. The molecular formula is C10HF7IZn. The Hall–Kier alpha value is -0.437. The van der Waals surface area contributed by atoms with Crippen LogP contribution in [0.2, 0.25) is 0 Å².